The summed E-state index contributed by atoms with van der Waals surface area (Å²) in [5.41, 5.74) is 0. The van der Waals surface area contributed by atoms with E-state index >= 15 is 0 Å². The summed E-state index contributed by atoms with van der Waals surface area (Å²) in [5, 5.41) is 9.23. The van der Waals surface area contributed by atoms with Gasteiger partial charge >= 0.3 is 0 Å². The minimum Gasteiger partial charge on any atom is -1.00 e. The van der Waals surface area contributed by atoms with Gasteiger partial charge in [0.2, 0.25) is 0 Å². The topological polar surface area (TPSA) is 20.2 Å². The molecule has 1 rings (SSSR count). The molecule has 1 saturated heterocycles. The normalized spacial score (nSPS) is 31.7. The fourth-order valence-corrected chi connectivity index (χ4v) is 1.18. The zero-order valence-electron chi connectivity index (χ0n) is 5.97. The molecule has 0 amide bonds. The third-order valence-electron chi connectivity index (χ3n) is 2.00. The van der Waals surface area contributed by atoms with Gasteiger partial charge in [-0.05, 0) is 0 Å². The van der Waals surface area contributed by atoms with Crippen LogP contribution >= 0.6 is 0 Å². The molecule has 0 spiro atoms. The largest absolute Gasteiger partial charge is 1.00 e. The van der Waals surface area contributed by atoms with E-state index in [-0.39, 0.29) is 18.6 Å². The fraction of sp³-hybridized carbons (Fsp3) is 1.00. The molecule has 56 valence electrons. The summed E-state index contributed by atoms with van der Waals surface area (Å²) in [4.78, 5) is 0. The van der Waals surface area contributed by atoms with Crippen LogP contribution in [0.2, 0.25) is 0 Å². The van der Waals surface area contributed by atoms with Crippen molar-refractivity contribution >= 4 is 0 Å². The van der Waals surface area contributed by atoms with Crippen LogP contribution in [0.25, 0.3) is 0 Å². The molecule has 1 N–H and O–H groups in total. The van der Waals surface area contributed by atoms with Crippen molar-refractivity contribution in [3.05, 3.63) is 0 Å². The van der Waals surface area contributed by atoms with Gasteiger partial charge in [-0.2, -0.15) is 0 Å². The number of hydrogen-bond acceptors (Lipinski definition) is 1. The van der Waals surface area contributed by atoms with Crippen LogP contribution in [0.3, 0.4) is 0 Å². The Morgan fingerprint density at radius 3 is 2.11 bits per heavy atom. The third-order valence-corrected chi connectivity index (χ3v) is 2.00. The van der Waals surface area contributed by atoms with Crippen molar-refractivity contribution in [3.8, 4) is 0 Å². The highest BCUT2D eigenvalue weighted by atomic mass is 35.5. The van der Waals surface area contributed by atoms with E-state index in [4.69, 9.17) is 0 Å². The highest BCUT2D eigenvalue weighted by Gasteiger charge is 2.31. The van der Waals surface area contributed by atoms with Crippen molar-refractivity contribution in [2.75, 3.05) is 20.6 Å². The first-order valence-electron chi connectivity index (χ1n) is 3.14. The number of aliphatic hydroxyl groups is 1. The summed E-state index contributed by atoms with van der Waals surface area (Å²) in [5.74, 6) is 0. The van der Waals surface area contributed by atoms with Crippen LogP contribution in [0.4, 0.5) is 0 Å². The standard InChI is InChI=1S/C6H14NO.ClH/c1-7(2)5-3-4-6(7)8;/h6,8H,3-5H2,1-2H3;1H/q+1;/p-1. The van der Waals surface area contributed by atoms with Crippen molar-refractivity contribution in [2.24, 2.45) is 0 Å². The lowest BCUT2D eigenvalue weighted by molar-refractivity contribution is -0.923. The first kappa shape index (κ1) is 9.21. The molecular weight excluding hydrogens is 138 g/mol. The van der Waals surface area contributed by atoms with E-state index in [1.165, 1.54) is 6.42 Å². The number of hydrogen-bond donors (Lipinski definition) is 1. The average Bonchev–Trinajstić information content (AvgIpc) is 1.86. The Morgan fingerprint density at radius 2 is 2.00 bits per heavy atom. The molecule has 0 aromatic rings. The molecule has 9 heavy (non-hydrogen) atoms. The van der Waals surface area contributed by atoms with E-state index in [1.807, 2.05) is 0 Å². The quantitative estimate of drug-likeness (QED) is 0.371. The molecule has 3 heteroatoms. The SMILES string of the molecule is C[N+]1(C)CCCC1O.[Cl-]. The molecule has 1 heterocycles. The molecule has 1 aliphatic heterocycles. The Morgan fingerprint density at radius 1 is 1.44 bits per heavy atom. The summed E-state index contributed by atoms with van der Waals surface area (Å²) in [6, 6.07) is 0. The van der Waals surface area contributed by atoms with E-state index in [0.29, 0.717) is 0 Å². The van der Waals surface area contributed by atoms with Gasteiger partial charge in [-0.1, -0.05) is 0 Å². The summed E-state index contributed by atoms with van der Waals surface area (Å²) in [7, 11) is 4.13. The summed E-state index contributed by atoms with van der Waals surface area (Å²) >= 11 is 0. The molecule has 0 saturated carbocycles. The van der Waals surface area contributed by atoms with Crippen molar-refractivity contribution in [2.45, 2.75) is 19.1 Å². The monoisotopic (exact) mass is 151 g/mol. The molecule has 0 radical (unpaired) electrons. The first-order chi connectivity index (χ1) is 3.63. The highest BCUT2D eigenvalue weighted by molar-refractivity contribution is 4.52. The summed E-state index contributed by atoms with van der Waals surface area (Å²) in [6.07, 6.45) is 2.05. The van der Waals surface area contributed by atoms with E-state index in [9.17, 15) is 5.11 Å². The Bertz CT molecular complexity index is 95.1. The van der Waals surface area contributed by atoms with Crippen LogP contribution in [0, 0.1) is 0 Å². The average molecular weight is 152 g/mol. The van der Waals surface area contributed by atoms with Gasteiger partial charge in [0.05, 0.1) is 20.6 Å². The minimum atomic E-state index is -0.102. The van der Waals surface area contributed by atoms with Crippen LogP contribution in [-0.2, 0) is 0 Å². The Kier molecular flexibility index (Phi) is 2.93. The number of aliphatic hydroxyl groups excluding tert-OH is 1. The van der Waals surface area contributed by atoms with Crippen LogP contribution in [0.1, 0.15) is 12.8 Å². The Labute approximate surface area is 62.5 Å². The second kappa shape index (κ2) is 2.86. The van der Waals surface area contributed by atoms with Gasteiger partial charge in [-0.25, -0.2) is 0 Å². The maximum atomic E-state index is 9.23. The van der Waals surface area contributed by atoms with Gasteiger partial charge < -0.3 is 22.0 Å². The molecule has 1 unspecified atom stereocenters. The predicted octanol–water partition coefficient (Wildman–Crippen LogP) is -2.82. The van der Waals surface area contributed by atoms with Crippen LogP contribution in [0.5, 0.6) is 0 Å². The van der Waals surface area contributed by atoms with Gasteiger partial charge in [0.15, 0.2) is 6.23 Å². The lowest BCUT2D eigenvalue weighted by atomic mass is 10.4. The van der Waals surface area contributed by atoms with Crippen LogP contribution in [0.15, 0.2) is 0 Å². The predicted molar refractivity (Wildman–Crippen MR) is 32.2 cm³/mol. The van der Waals surface area contributed by atoms with Gasteiger partial charge in [0, 0.05) is 12.8 Å². The van der Waals surface area contributed by atoms with E-state index in [2.05, 4.69) is 14.1 Å². The van der Waals surface area contributed by atoms with Gasteiger partial charge in [-0.3, -0.25) is 0 Å². The highest BCUT2D eigenvalue weighted by Crippen LogP contribution is 2.18. The van der Waals surface area contributed by atoms with E-state index < -0.39 is 0 Å². The zero-order valence-corrected chi connectivity index (χ0v) is 6.73. The van der Waals surface area contributed by atoms with Gasteiger partial charge in [0.25, 0.3) is 0 Å². The smallest absolute Gasteiger partial charge is 0.190 e. The minimum absolute atomic E-state index is 0. The number of nitrogens with zero attached hydrogens (tertiary/aromatic N) is 1. The summed E-state index contributed by atoms with van der Waals surface area (Å²) in [6.45, 7) is 1.13. The zero-order chi connectivity index (χ0) is 6.20. The summed E-state index contributed by atoms with van der Waals surface area (Å²) < 4.78 is 0.792. The maximum Gasteiger partial charge on any atom is 0.190 e. The second-order valence-electron chi connectivity index (χ2n) is 3.13. The van der Waals surface area contributed by atoms with E-state index in [0.717, 1.165) is 17.4 Å². The van der Waals surface area contributed by atoms with Crippen molar-refractivity contribution in [1.29, 1.82) is 0 Å². The third kappa shape index (κ3) is 1.81. The first-order valence-corrected chi connectivity index (χ1v) is 3.14. The van der Waals surface area contributed by atoms with E-state index in [1.54, 1.807) is 0 Å². The number of quaternary nitrogens is 1. The van der Waals surface area contributed by atoms with Crippen LogP contribution in [-0.4, -0.2) is 36.5 Å². The van der Waals surface area contributed by atoms with Crippen molar-refractivity contribution < 1.29 is 22.0 Å². The number of rotatable bonds is 0. The molecule has 1 atom stereocenters. The van der Waals surface area contributed by atoms with Gasteiger partial charge in [-0.15, -0.1) is 0 Å². The number of likely N-dealkylation sites (tertiary alicyclic amines) is 1. The van der Waals surface area contributed by atoms with Gasteiger partial charge in [0.1, 0.15) is 0 Å². The molecule has 0 bridgehead atoms. The molecule has 0 aromatic carbocycles. The number of halogens is 1. The lowest BCUT2D eigenvalue weighted by Gasteiger charge is -2.27. The fourth-order valence-electron chi connectivity index (χ4n) is 1.18. The molecule has 0 aliphatic carbocycles. The van der Waals surface area contributed by atoms with Crippen LogP contribution < -0.4 is 12.4 Å². The second-order valence-corrected chi connectivity index (χ2v) is 3.13. The molecule has 1 aliphatic rings. The molecule has 1 fully saturated rings. The Balaban J connectivity index is 0.000000640. The maximum absolute atomic E-state index is 9.23. The van der Waals surface area contributed by atoms with Crippen molar-refractivity contribution in [1.82, 2.24) is 0 Å². The molecule has 0 aromatic heterocycles. The Hall–Kier alpha value is 0.210. The molecular formula is C6H14ClNO. The lowest BCUT2D eigenvalue weighted by Crippen LogP contribution is -3.00. The molecule has 2 nitrogen and oxygen atoms in total. The van der Waals surface area contributed by atoms with Crippen molar-refractivity contribution in [3.63, 3.8) is 0 Å².